The lowest BCUT2D eigenvalue weighted by atomic mass is 9.87. The summed E-state index contributed by atoms with van der Waals surface area (Å²) in [5, 5.41) is 49.5. The van der Waals surface area contributed by atoms with Crippen LogP contribution >= 0.6 is 0 Å². The summed E-state index contributed by atoms with van der Waals surface area (Å²) in [4.78, 5) is 26.5. The van der Waals surface area contributed by atoms with Crippen molar-refractivity contribution in [2.45, 2.75) is 43.5 Å². The molecule has 0 amide bonds. The molecule has 3 aromatic carbocycles. The second-order valence-corrected chi connectivity index (χ2v) is 10.7. The van der Waals surface area contributed by atoms with Crippen LogP contribution < -0.4 is 4.74 Å². The summed E-state index contributed by atoms with van der Waals surface area (Å²) in [6.07, 6.45) is -9.35. The predicted octanol–water partition coefficient (Wildman–Crippen LogP) is 2.51. The standard InChI is InChI=1S/C33H37NO10/c1-34(2)18-19-42-24-14-10-22(11-15-24)27(21-8-12-23(35)13-9-21)25(20-6-4-3-5-7-20)16-17-26(36)43-33-30(39)28(37)29(38)31(44-33)32(40)41/h3-15,28-31,33,35,37-39H,16-19H2,1-2H3,(H,40,41)/b27-25-/t28?,29-,30?,31-,33+/m0/s1. The van der Waals surface area contributed by atoms with E-state index in [0.29, 0.717) is 12.4 Å². The van der Waals surface area contributed by atoms with Crippen LogP contribution in [0.3, 0.4) is 0 Å². The summed E-state index contributed by atoms with van der Waals surface area (Å²) >= 11 is 0. The molecule has 5 atom stereocenters. The van der Waals surface area contributed by atoms with Crippen LogP contribution in [0.5, 0.6) is 11.5 Å². The SMILES string of the molecule is CN(C)CCOc1ccc(/C(=C(/CCC(=O)O[C@@H]2O[C@H](C(=O)O)[C@@H](O)C(O)C2O)c2ccccc2)c2ccc(O)cc2)cc1. The fourth-order valence-corrected chi connectivity index (χ4v) is 4.83. The molecule has 0 radical (unpaired) electrons. The van der Waals surface area contributed by atoms with Crippen molar-refractivity contribution in [1.82, 2.24) is 4.90 Å². The van der Waals surface area contributed by atoms with Crippen LogP contribution in [0.2, 0.25) is 0 Å². The number of hydrogen-bond acceptors (Lipinski definition) is 10. The number of carboxylic acid groups (broad SMARTS) is 1. The second kappa shape index (κ2) is 15.0. The molecule has 5 N–H and O–H groups in total. The molecule has 1 saturated heterocycles. The van der Waals surface area contributed by atoms with Gasteiger partial charge in [-0.2, -0.15) is 0 Å². The predicted molar refractivity (Wildman–Crippen MR) is 161 cm³/mol. The molecular weight excluding hydrogens is 570 g/mol. The fraction of sp³-hybridized carbons (Fsp3) is 0.333. The van der Waals surface area contributed by atoms with Gasteiger partial charge in [0.2, 0.25) is 6.29 Å². The molecule has 44 heavy (non-hydrogen) atoms. The monoisotopic (exact) mass is 607 g/mol. The molecule has 4 rings (SSSR count). The Bertz CT molecular complexity index is 1420. The number of aromatic hydroxyl groups is 1. The van der Waals surface area contributed by atoms with E-state index in [1.165, 1.54) is 0 Å². The number of phenolic OH excluding ortho intramolecular Hbond substituents is 1. The Hall–Kier alpha value is -4.26. The number of aliphatic hydroxyl groups is 3. The van der Waals surface area contributed by atoms with Crippen LogP contribution in [0.25, 0.3) is 11.1 Å². The Morgan fingerprint density at radius 2 is 1.41 bits per heavy atom. The van der Waals surface area contributed by atoms with Crippen molar-refractivity contribution in [2.75, 3.05) is 27.2 Å². The van der Waals surface area contributed by atoms with Gasteiger partial charge in [0.1, 0.15) is 36.4 Å². The van der Waals surface area contributed by atoms with Gasteiger partial charge in [-0.05, 0) is 72.6 Å². The van der Waals surface area contributed by atoms with Gasteiger partial charge in [-0.1, -0.05) is 54.6 Å². The summed E-state index contributed by atoms with van der Waals surface area (Å²) in [5.74, 6) is -1.60. The quantitative estimate of drug-likeness (QED) is 0.152. The number of aliphatic hydroxyl groups excluding tert-OH is 3. The lowest BCUT2D eigenvalue weighted by Gasteiger charge is -2.37. The van der Waals surface area contributed by atoms with E-state index in [1.54, 1.807) is 24.3 Å². The maximum Gasteiger partial charge on any atom is 0.335 e. The number of allylic oxidation sites excluding steroid dienone is 1. The van der Waals surface area contributed by atoms with Crippen LogP contribution in [0.15, 0.2) is 78.9 Å². The van der Waals surface area contributed by atoms with Crippen molar-refractivity contribution >= 4 is 23.1 Å². The fourth-order valence-electron chi connectivity index (χ4n) is 4.83. The lowest BCUT2D eigenvalue weighted by Crippen LogP contribution is -2.60. The van der Waals surface area contributed by atoms with Crippen molar-refractivity contribution in [1.29, 1.82) is 0 Å². The first-order valence-electron chi connectivity index (χ1n) is 14.1. The Labute approximate surface area is 255 Å². The number of carbonyl (C=O) groups is 2. The van der Waals surface area contributed by atoms with Gasteiger partial charge in [-0.3, -0.25) is 4.79 Å². The van der Waals surface area contributed by atoms with E-state index in [9.17, 15) is 35.1 Å². The van der Waals surface area contributed by atoms with Gasteiger partial charge in [0.15, 0.2) is 6.10 Å². The van der Waals surface area contributed by atoms with Crippen molar-refractivity contribution in [2.24, 2.45) is 0 Å². The maximum absolute atomic E-state index is 13.0. The third-order valence-electron chi connectivity index (χ3n) is 7.17. The number of ether oxygens (including phenoxy) is 3. The summed E-state index contributed by atoms with van der Waals surface area (Å²) in [6, 6.07) is 23.7. The lowest BCUT2D eigenvalue weighted by molar-refractivity contribution is -0.286. The highest BCUT2D eigenvalue weighted by molar-refractivity contribution is 5.99. The molecule has 1 fully saturated rings. The number of carbonyl (C=O) groups excluding carboxylic acids is 1. The Balaban J connectivity index is 1.65. The van der Waals surface area contributed by atoms with E-state index in [-0.39, 0.29) is 18.6 Å². The average molecular weight is 608 g/mol. The first-order chi connectivity index (χ1) is 21.0. The number of likely N-dealkylation sites (N-methyl/N-ethyl adjacent to an activating group) is 1. The van der Waals surface area contributed by atoms with Crippen molar-refractivity contribution in [3.8, 4) is 11.5 Å². The number of esters is 1. The minimum absolute atomic E-state index is 0.0978. The number of aliphatic carboxylic acids is 1. The highest BCUT2D eigenvalue weighted by Crippen LogP contribution is 2.36. The van der Waals surface area contributed by atoms with E-state index >= 15 is 0 Å². The molecule has 1 aliphatic rings. The van der Waals surface area contributed by atoms with Gasteiger partial charge in [0.05, 0.1) is 0 Å². The van der Waals surface area contributed by atoms with E-state index in [2.05, 4.69) is 0 Å². The van der Waals surface area contributed by atoms with Gasteiger partial charge in [-0.15, -0.1) is 0 Å². The smallest absolute Gasteiger partial charge is 0.335 e. The topological polar surface area (TPSA) is 166 Å². The van der Waals surface area contributed by atoms with Crippen LogP contribution in [0.1, 0.15) is 29.5 Å². The van der Waals surface area contributed by atoms with Crippen molar-refractivity contribution in [3.63, 3.8) is 0 Å². The van der Waals surface area contributed by atoms with Crippen LogP contribution in [0, 0.1) is 0 Å². The summed E-state index contributed by atoms with van der Waals surface area (Å²) in [7, 11) is 3.93. The maximum atomic E-state index is 13.0. The van der Waals surface area contributed by atoms with Crippen molar-refractivity contribution in [3.05, 3.63) is 95.6 Å². The third kappa shape index (κ3) is 8.22. The molecule has 0 aromatic heterocycles. The largest absolute Gasteiger partial charge is 0.508 e. The summed E-state index contributed by atoms with van der Waals surface area (Å²) in [6.45, 7) is 1.28. The van der Waals surface area contributed by atoms with Crippen LogP contribution in [-0.4, -0.2) is 100 Å². The highest BCUT2D eigenvalue weighted by Gasteiger charge is 2.48. The molecule has 11 nitrogen and oxygen atoms in total. The zero-order valence-electron chi connectivity index (χ0n) is 24.4. The molecule has 0 bridgehead atoms. The minimum Gasteiger partial charge on any atom is -0.508 e. The Kier molecular flexibility index (Phi) is 11.1. The molecule has 0 spiro atoms. The first kappa shape index (κ1) is 32.6. The number of phenols is 1. The molecular formula is C33H37NO10. The molecule has 1 aliphatic heterocycles. The van der Waals surface area contributed by atoms with Gasteiger partial charge in [0.25, 0.3) is 0 Å². The Morgan fingerprint density at radius 3 is 2.00 bits per heavy atom. The third-order valence-corrected chi connectivity index (χ3v) is 7.17. The zero-order chi connectivity index (χ0) is 31.8. The number of rotatable bonds is 12. The zero-order valence-corrected chi connectivity index (χ0v) is 24.4. The second-order valence-electron chi connectivity index (χ2n) is 10.7. The molecule has 0 aliphatic carbocycles. The van der Waals surface area contributed by atoms with Crippen molar-refractivity contribution < 1.29 is 49.3 Å². The van der Waals surface area contributed by atoms with E-state index in [1.807, 2.05) is 73.6 Å². The average Bonchev–Trinajstić information content (AvgIpc) is 3.00. The molecule has 234 valence electrons. The molecule has 0 saturated carbocycles. The summed E-state index contributed by atoms with van der Waals surface area (Å²) in [5.41, 5.74) is 4.01. The Morgan fingerprint density at radius 1 is 0.795 bits per heavy atom. The van der Waals surface area contributed by atoms with E-state index in [4.69, 9.17) is 14.2 Å². The van der Waals surface area contributed by atoms with Crippen LogP contribution in [0.4, 0.5) is 0 Å². The number of hydrogen-bond donors (Lipinski definition) is 5. The summed E-state index contributed by atoms with van der Waals surface area (Å²) < 4.78 is 16.2. The number of nitrogens with zero attached hydrogens (tertiary/aromatic N) is 1. The molecule has 3 aromatic rings. The van der Waals surface area contributed by atoms with Gasteiger partial charge in [-0.25, -0.2) is 4.79 Å². The van der Waals surface area contributed by atoms with Gasteiger partial charge >= 0.3 is 11.9 Å². The van der Waals surface area contributed by atoms with Crippen LogP contribution in [-0.2, 0) is 19.1 Å². The van der Waals surface area contributed by atoms with Gasteiger partial charge in [0, 0.05) is 13.0 Å². The number of carboxylic acids is 1. The first-order valence-corrected chi connectivity index (χ1v) is 14.1. The molecule has 11 heteroatoms. The van der Waals surface area contributed by atoms with E-state index in [0.717, 1.165) is 34.4 Å². The minimum atomic E-state index is -1.90. The van der Waals surface area contributed by atoms with Gasteiger partial charge < -0.3 is 44.6 Å². The number of benzene rings is 3. The normalized spacial score (nSPS) is 22.3. The molecule has 1 heterocycles. The van der Waals surface area contributed by atoms with E-state index < -0.39 is 42.6 Å². The molecule has 2 unspecified atom stereocenters. The highest BCUT2D eigenvalue weighted by atomic mass is 16.7.